The van der Waals surface area contributed by atoms with Gasteiger partial charge in [-0.05, 0) is 61.7 Å². The van der Waals surface area contributed by atoms with Crippen molar-refractivity contribution >= 4 is 43.2 Å². The van der Waals surface area contributed by atoms with Crippen LogP contribution in [0.2, 0.25) is 5.02 Å². The van der Waals surface area contributed by atoms with Crippen molar-refractivity contribution in [3.05, 3.63) is 98.6 Å². The van der Waals surface area contributed by atoms with Crippen molar-refractivity contribution in [3.63, 3.8) is 0 Å². The Morgan fingerprint density at radius 2 is 1.66 bits per heavy atom. The molecule has 5 nitrogen and oxygen atoms in total. The minimum atomic E-state index is -3.77. The highest BCUT2D eigenvalue weighted by Crippen LogP contribution is 2.24. The van der Waals surface area contributed by atoms with Crippen molar-refractivity contribution in [2.24, 2.45) is 0 Å². The molecule has 0 spiro atoms. The van der Waals surface area contributed by atoms with Gasteiger partial charge in [-0.25, -0.2) is 13.1 Å². The van der Waals surface area contributed by atoms with Gasteiger partial charge in [-0.15, -0.1) is 0 Å². The van der Waals surface area contributed by atoms with E-state index >= 15 is 0 Å². The third kappa shape index (κ3) is 5.13. The Labute approximate surface area is 196 Å². The molecule has 32 heavy (non-hydrogen) atoms. The Balaban J connectivity index is 1.60. The Morgan fingerprint density at radius 3 is 2.34 bits per heavy atom. The third-order valence-corrected chi connectivity index (χ3v) is 7.99. The maximum absolute atomic E-state index is 13.1. The van der Waals surface area contributed by atoms with Crippen LogP contribution in [-0.2, 0) is 23.0 Å². The first-order chi connectivity index (χ1) is 15.1. The average molecular weight is 487 g/mol. The molecule has 0 radical (unpaired) electrons. The van der Waals surface area contributed by atoms with Crippen LogP contribution >= 0.6 is 22.9 Å². The van der Waals surface area contributed by atoms with Crippen molar-refractivity contribution in [1.82, 2.24) is 9.29 Å². The first kappa shape index (κ1) is 22.7. The Hall–Kier alpha value is -2.45. The maximum atomic E-state index is 13.1. The summed E-state index contributed by atoms with van der Waals surface area (Å²) in [6, 6.07) is 21.9. The number of hydrogen-bond acceptors (Lipinski definition) is 4. The summed E-state index contributed by atoms with van der Waals surface area (Å²) in [7, 11) is -3.77. The Morgan fingerprint density at radius 1 is 0.969 bits per heavy atom. The van der Waals surface area contributed by atoms with Crippen molar-refractivity contribution in [2.45, 2.75) is 37.2 Å². The summed E-state index contributed by atoms with van der Waals surface area (Å²) >= 11 is 6.98. The standard InChI is InChI=1S/C24H23ClN2O3S2/c1-24(2,15-17-6-4-3-5-7-17)26-32(29,30)20-12-13-21-22(14-20)31-23(28)27(21)16-18-8-10-19(25)11-9-18/h3-14,26H,15-16H2,1-2H3. The molecule has 0 atom stereocenters. The van der Waals surface area contributed by atoms with Gasteiger partial charge in [0.15, 0.2) is 0 Å². The first-order valence-corrected chi connectivity index (χ1v) is 12.8. The third-order valence-electron chi connectivity index (χ3n) is 5.10. The average Bonchev–Trinajstić information content (AvgIpc) is 3.03. The van der Waals surface area contributed by atoms with Gasteiger partial charge in [0.2, 0.25) is 10.0 Å². The lowest BCUT2D eigenvalue weighted by Gasteiger charge is -2.26. The molecule has 0 saturated carbocycles. The fourth-order valence-electron chi connectivity index (χ4n) is 3.70. The van der Waals surface area contributed by atoms with E-state index in [1.54, 1.807) is 34.9 Å². The van der Waals surface area contributed by atoms with E-state index in [-0.39, 0.29) is 9.77 Å². The second-order valence-electron chi connectivity index (χ2n) is 8.36. The van der Waals surface area contributed by atoms with E-state index in [9.17, 15) is 13.2 Å². The molecule has 4 aromatic rings. The highest BCUT2D eigenvalue weighted by Gasteiger charge is 2.27. The van der Waals surface area contributed by atoms with Crippen LogP contribution in [0.25, 0.3) is 10.2 Å². The van der Waals surface area contributed by atoms with Gasteiger partial charge in [0.05, 0.1) is 21.7 Å². The van der Waals surface area contributed by atoms with Crippen molar-refractivity contribution < 1.29 is 8.42 Å². The molecule has 1 N–H and O–H groups in total. The van der Waals surface area contributed by atoms with E-state index in [1.165, 1.54) is 0 Å². The van der Waals surface area contributed by atoms with Gasteiger partial charge < -0.3 is 0 Å². The number of thiazole rings is 1. The molecule has 1 heterocycles. The lowest BCUT2D eigenvalue weighted by Crippen LogP contribution is -2.44. The Kier molecular flexibility index (Phi) is 6.27. The van der Waals surface area contributed by atoms with Gasteiger partial charge in [0, 0.05) is 10.6 Å². The summed E-state index contributed by atoms with van der Waals surface area (Å²) in [6.45, 7) is 4.11. The fraction of sp³-hybridized carbons (Fsp3) is 0.208. The van der Waals surface area contributed by atoms with E-state index in [4.69, 9.17) is 11.6 Å². The molecule has 166 valence electrons. The van der Waals surface area contributed by atoms with Crippen LogP contribution in [0.1, 0.15) is 25.0 Å². The zero-order valence-corrected chi connectivity index (χ0v) is 20.1. The quantitative estimate of drug-likeness (QED) is 0.397. The second kappa shape index (κ2) is 8.83. The molecule has 4 rings (SSSR count). The highest BCUT2D eigenvalue weighted by atomic mass is 35.5. The number of nitrogens with zero attached hydrogens (tertiary/aromatic N) is 1. The van der Waals surface area contributed by atoms with Crippen molar-refractivity contribution in [3.8, 4) is 0 Å². The number of sulfonamides is 1. The van der Waals surface area contributed by atoms with E-state index in [0.717, 1.165) is 22.5 Å². The Bertz CT molecular complexity index is 1410. The van der Waals surface area contributed by atoms with Crippen LogP contribution in [0.4, 0.5) is 0 Å². The van der Waals surface area contributed by atoms with Crippen LogP contribution in [0.5, 0.6) is 0 Å². The lowest BCUT2D eigenvalue weighted by molar-refractivity contribution is 0.450. The number of aromatic nitrogens is 1. The van der Waals surface area contributed by atoms with E-state index in [0.29, 0.717) is 28.2 Å². The molecule has 1 aromatic heterocycles. The van der Waals surface area contributed by atoms with E-state index in [2.05, 4.69) is 4.72 Å². The zero-order valence-electron chi connectivity index (χ0n) is 17.7. The summed E-state index contributed by atoms with van der Waals surface area (Å²) in [5, 5.41) is 0.633. The molecule has 0 fully saturated rings. The molecule has 0 saturated heterocycles. The van der Waals surface area contributed by atoms with E-state index in [1.807, 2.05) is 56.3 Å². The summed E-state index contributed by atoms with van der Waals surface area (Å²) in [6.07, 6.45) is 0.556. The largest absolute Gasteiger partial charge is 0.308 e. The van der Waals surface area contributed by atoms with Gasteiger partial charge in [-0.2, -0.15) is 0 Å². The summed E-state index contributed by atoms with van der Waals surface area (Å²) in [4.78, 5) is 12.6. The molecular weight excluding hydrogens is 464 g/mol. The molecule has 0 unspecified atom stereocenters. The van der Waals surface area contributed by atoms with Gasteiger partial charge >= 0.3 is 4.87 Å². The highest BCUT2D eigenvalue weighted by molar-refractivity contribution is 7.89. The number of rotatable bonds is 7. The number of fused-ring (bicyclic) bond motifs is 1. The fourth-order valence-corrected chi connectivity index (χ4v) is 6.27. The smallest absolute Gasteiger partial charge is 0.294 e. The van der Waals surface area contributed by atoms with Gasteiger partial charge in [-0.3, -0.25) is 9.36 Å². The number of halogens is 1. The summed E-state index contributed by atoms with van der Waals surface area (Å²) < 4.78 is 31.3. The van der Waals surface area contributed by atoms with Crippen LogP contribution in [-0.4, -0.2) is 18.5 Å². The summed E-state index contributed by atoms with van der Waals surface area (Å²) in [5.41, 5.74) is 2.02. The van der Waals surface area contributed by atoms with Crippen molar-refractivity contribution in [1.29, 1.82) is 0 Å². The number of hydrogen-bond donors (Lipinski definition) is 1. The predicted molar refractivity (Wildman–Crippen MR) is 131 cm³/mol. The van der Waals surface area contributed by atoms with E-state index < -0.39 is 15.6 Å². The van der Waals surface area contributed by atoms with Crippen molar-refractivity contribution in [2.75, 3.05) is 0 Å². The molecule has 0 aliphatic heterocycles. The number of benzene rings is 3. The topological polar surface area (TPSA) is 68.2 Å². The molecule has 0 aliphatic rings. The zero-order chi connectivity index (χ0) is 22.9. The van der Waals surface area contributed by atoms with Gasteiger partial charge in [0.1, 0.15) is 0 Å². The van der Waals surface area contributed by atoms with Crippen LogP contribution in [0.15, 0.2) is 82.5 Å². The summed E-state index contributed by atoms with van der Waals surface area (Å²) in [5.74, 6) is 0. The maximum Gasteiger partial charge on any atom is 0.308 e. The second-order valence-corrected chi connectivity index (χ2v) is 11.5. The first-order valence-electron chi connectivity index (χ1n) is 10.1. The van der Waals surface area contributed by atoms with Gasteiger partial charge in [0.25, 0.3) is 0 Å². The molecule has 0 amide bonds. The molecule has 3 aromatic carbocycles. The predicted octanol–water partition coefficient (Wildman–Crippen LogP) is 5.06. The van der Waals surface area contributed by atoms with Crippen LogP contribution in [0.3, 0.4) is 0 Å². The number of nitrogens with one attached hydrogen (secondary N) is 1. The monoisotopic (exact) mass is 486 g/mol. The molecule has 0 bridgehead atoms. The molecule has 0 aliphatic carbocycles. The lowest BCUT2D eigenvalue weighted by atomic mass is 9.96. The van der Waals surface area contributed by atoms with Crippen LogP contribution < -0.4 is 9.60 Å². The SMILES string of the molecule is CC(C)(Cc1ccccc1)NS(=O)(=O)c1ccc2c(c1)sc(=O)n2Cc1ccc(Cl)cc1. The molecular formula is C24H23ClN2O3S2. The minimum Gasteiger partial charge on any atom is -0.294 e. The minimum absolute atomic E-state index is 0.137. The van der Waals surface area contributed by atoms with Crippen LogP contribution in [0, 0.1) is 0 Å². The normalized spacial score (nSPS) is 12.3. The molecule has 8 heteroatoms. The van der Waals surface area contributed by atoms with Gasteiger partial charge in [-0.1, -0.05) is 65.4 Å².